The van der Waals surface area contributed by atoms with Gasteiger partial charge in [-0.25, -0.2) is 0 Å². The van der Waals surface area contributed by atoms with Crippen molar-refractivity contribution in [2.75, 3.05) is 0 Å². The summed E-state index contributed by atoms with van der Waals surface area (Å²) in [7, 11) is 0. The number of benzene rings is 1. The summed E-state index contributed by atoms with van der Waals surface area (Å²) in [5.41, 5.74) is 4.06. The Morgan fingerprint density at radius 2 is 2.14 bits per heavy atom. The average Bonchev–Trinajstić information content (AvgIpc) is 2.17. The molecular formula is C14H18. The van der Waals surface area contributed by atoms with E-state index in [4.69, 9.17) is 0 Å². The average molecular weight is 186 g/mol. The largest absolute Gasteiger partial charge is 0.0991 e. The number of rotatable bonds is 4. The highest BCUT2D eigenvalue weighted by molar-refractivity contribution is 5.55. The topological polar surface area (TPSA) is 0 Å². The summed E-state index contributed by atoms with van der Waals surface area (Å²) in [5.74, 6) is 0. The van der Waals surface area contributed by atoms with Crippen molar-refractivity contribution in [3.05, 3.63) is 53.6 Å². The Morgan fingerprint density at radius 3 is 2.71 bits per heavy atom. The number of hydrogen-bond donors (Lipinski definition) is 0. The quantitative estimate of drug-likeness (QED) is 0.620. The number of aryl methyl sites for hydroxylation is 2. The third-order valence-corrected chi connectivity index (χ3v) is 2.28. The van der Waals surface area contributed by atoms with E-state index in [2.05, 4.69) is 44.7 Å². The number of hydrogen-bond acceptors (Lipinski definition) is 0. The summed E-state index contributed by atoms with van der Waals surface area (Å²) >= 11 is 0. The summed E-state index contributed by atoms with van der Waals surface area (Å²) in [6.07, 6.45) is 8.26. The smallest absolute Gasteiger partial charge is 0.0227 e. The molecule has 0 aromatic heterocycles. The zero-order chi connectivity index (χ0) is 10.4. The summed E-state index contributed by atoms with van der Waals surface area (Å²) < 4.78 is 0. The SMILES string of the molecule is C=CC=Cc1ccc(CCC)cc1C. The van der Waals surface area contributed by atoms with Crippen LogP contribution in [0.2, 0.25) is 0 Å². The predicted molar refractivity (Wildman–Crippen MR) is 64.4 cm³/mol. The first kappa shape index (κ1) is 10.8. The van der Waals surface area contributed by atoms with E-state index in [1.807, 2.05) is 6.08 Å². The van der Waals surface area contributed by atoms with Crippen molar-refractivity contribution in [3.8, 4) is 0 Å². The number of allylic oxidation sites excluding steroid dienone is 2. The van der Waals surface area contributed by atoms with Crippen LogP contribution in [0.4, 0.5) is 0 Å². The molecule has 0 atom stereocenters. The van der Waals surface area contributed by atoms with Crippen molar-refractivity contribution in [2.24, 2.45) is 0 Å². The monoisotopic (exact) mass is 186 g/mol. The molecule has 0 heteroatoms. The van der Waals surface area contributed by atoms with Gasteiger partial charge in [-0.1, -0.05) is 56.4 Å². The molecule has 0 N–H and O–H groups in total. The zero-order valence-corrected chi connectivity index (χ0v) is 9.09. The van der Waals surface area contributed by atoms with Crippen molar-refractivity contribution in [3.63, 3.8) is 0 Å². The van der Waals surface area contributed by atoms with Crippen LogP contribution in [-0.4, -0.2) is 0 Å². The fraction of sp³-hybridized carbons (Fsp3) is 0.286. The summed E-state index contributed by atoms with van der Waals surface area (Å²) in [6.45, 7) is 8.03. The molecule has 0 heterocycles. The fourth-order valence-electron chi connectivity index (χ4n) is 1.54. The minimum Gasteiger partial charge on any atom is -0.0991 e. The molecule has 0 unspecified atom stereocenters. The highest BCUT2D eigenvalue weighted by Crippen LogP contribution is 2.14. The molecule has 0 aliphatic rings. The van der Waals surface area contributed by atoms with E-state index in [0.717, 1.165) is 0 Å². The highest BCUT2D eigenvalue weighted by Gasteiger charge is 1.96. The maximum Gasteiger partial charge on any atom is -0.0227 e. The van der Waals surface area contributed by atoms with Gasteiger partial charge in [-0.3, -0.25) is 0 Å². The van der Waals surface area contributed by atoms with Crippen LogP contribution in [0.25, 0.3) is 6.08 Å². The molecule has 0 amide bonds. The second-order valence-electron chi connectivity index (χ2n) is 3.54. The second-order valence-corrected chi connectivity index (χ2v) is 3.54. The Hall–Kier alpha value is -1.30. The van der Waals surface area contributed by atoms with Gasteiger partial charge in [-0.05, 0) is 30.0 Å². The maximum atomic E-state index is 3.67. The standard InChI is InChI=1S/C14H18/c1-4-6-8-14-10-9-13(7-5-2)11-12(14)3/h4,6,8-11H,1,5,7H2,2-3H3. The molecule has 1 rings (SSSR count). The molecule has 74 valence electrons. The molecule has 0 radical (unpaired) electrons. The van der Waals surface area contributed by atoms with E-state index in [1.54, 1.807) is 6.08 Å². The van der Waals surface area contributed by atoms with Crippen LogP contribution >= 0.6 is 0 Å². The van der Waals surface area contributed by atoms with Crippen molar-refractivity contribution in [2.45, 2.75) is 26.7 Å². The normalized spacial score (nSPS) is 10.7. The fourth-order valence-corrected chi connectivity index (χ4v) is 1.54. The minimum absolute atomic E-state index is 1.17. The Kier molecular flexibility index (Phi) is 4.18. The molecule has 0 aliphatic carbocycles. The van der Waals surface area contributed by atoms with Crippen LogP contribution in [0.3, 0.4) is 0 Å². The van der Waals surface area contributed by atoms with Crippen LogP contribution in [0, 0.1) is 6.92 Å². The van der Waals surface area contributed by atoms with Gasteiger partial charge in [-0.2, -0.15) is 0 Å². The summed E-state index contributed by atoms with van der Waals surface area (Å²) in [6, 6.07) is 6.66. The van der Waals surface area contributed by atoms with Gasteiger partial charge >= 0.3 is 0 Å². The van der Waals surface area contributed by atoms with Crippen molar-refractivity contribution in [1.82, 2.24) is 0 Å². The first-order chi connectivity index (χ1) is 6.77. The first-order valence-corrected chi connectivity index (χ1v) is 5.16. The molecule has 0 spiro atoms. The highest BCUT2D eigenvalue weighted by atomic mass is 14.0. The third-order valence-electron chi connectivity index (χ3n) is 2.28. The predicted octanol–water partition coefficient (Wildman–Crippen LogP) is 4.15. The molecule has 0 fully saturated rings. The van der Waals surface area contributed by atoms with Gasteiger partial charge in [0.2, 0.25) is 0 Å². The van der Waals surface area contributed by atoms with Crippen LogP contribution in [0.5, 0.6) is 0 Å². The zero-order valence-electron chi connectivity index (χ0n) is 9.09. The molecular weight excluding hydrogens is 168 g/mol. The molecule has 0 saturated carbocycles. The Bertz CT molecular complexity index is 332. The van der Waals surface area contributed by atoms with E-state index in [1.165, 1.54) is 29.5 Å². The van der Waals surface area contributed by atoms with E-state index in [0.29, 0.717) is 0 Å². The molecule has 1 aromatic rings. The van der Waals surface area contributed by atoms with Crippen molar-refractivity contribution in [1.29, 1.82) is 0 Å². The molecule has 14 heavy (non-hydrogen) atoms. The maximum absolute atomic E-state index is 3.67. The minimum atomic E-state index is 1.17. The van der Waals surface area contributed by atoms with Gasteiger partial charge in [0.15, 0.2) is 0 Å². The van der Waals surface area contributed by atoms with E-state index >= 15 is 0 Å². The van der Waals surface area contributed by atoms with Gasteiger partial charge < -0.3 is 0 Å². The third kappa shape index (κ3) is 2.88. The van der Waals surface area contributed by atoms with E-state index in [-0.39, 0.29) is 0 Å². The van der Waals surface area contributed by atoms with Gasteiger partial charge in [0.05, 0.1) is 0 Å². The molecule has 0 nitrogen and oxygen atoms in total. The lowest BCUT2D eigenvalue weighted by Crippen LogP contribution is -1.87. The van der Waals surface area contributed by atoms with Gasteiger partial charge in [-0.15, -0.1) is 0 Å². The summed E-state index contributed by atoms with van der Waals surface area (Å²) in [5, 5.41) is 0. The lowest BCUT2D eigenvalue weighted by atomic mass is 10.0. The van der Waals surface area contributed by atoms with Crippen LogP contribution in [-0.2, 0) is 6.42 Å². The van der Waals surface area contributed by atoms with Gasteiger partial charge in [0.25, 0.3) is 0 Å². The van der Waals surface area contributed by atoms with E-state index in [9.17, 15) is 0 Å². The first-order valence-electron chi connectivity index (χ1n) is 5.16. The van der Waals surface area contributed by atoms with Crippen LogP contribution in [0.1, 0.15) is 30.0 Å². The van der Waals surface area contributed by atoms with Gasteiger partial charge in [0, 0.05) is 0 Å². The molecule has 0 aliphatic heterocycles. The summed E-state index contributed by atoms with van der Waals surface area (Å²) in [4.78, 5) is 0. The van der Waals surface area contributed by atoms with Crippen LogP contribution in [0.15, 0.2) is 36.9 Å². The Balaban J connectivity index is 2.89. The van der Waals surface area contributed by atoms with Crippen molar-refractivity contribution < 1.29 is 0 Å². The Labute approximate surface area is 87.0 Å². The molecule has 0 saturated heterocycles. The lowest BCUT2D eigenvalue weighted by molar-refractivity contribution is 0.920. The molecule has 1 aromatic carbocycles. The second kappa shape index (κ2) is 5.43. The van der Waals surface area contributed by atoms with E-state index < -0.39 is 0 Å². The van der Waals surface area contributed by atoms with Gasteiger partial charge in [0.1, 0.15) is 0 Å². The Morgan fingerprint density at radius 1 is 1.36 bits per heavy atom. The van der Waals surface area contributed by atoms with Crippen LogP contribution < -0.4 is 0 Å². The molecule has 0 bridgehead atoms. The lowest BCUT2D eigenvalue weighted by Gasteiger charge is -2.03. The van der Waals surface area contributed by atoms with Crippen molar-refractivity contribution >= 4 is 6.08 Å².